The number of carbonyl (C=O) groups excluding carboxylic acids is 1. The Hall–Kier alpha value is -2.85. The van der Waals surface area contributed by atoms with Gasteiger partial charge in [-0.2, -0.15) is 0 Å². The maximum atomic E-state index is 12.2. The molecule has 7 heteroatoms. The molecule has 0 aliphatic carbocycles. The van der Waals surface area contributed by atoms with Gasteiger partial charge in [0.05, 0.1) is 10.8 Å². The highest BCUT2D eigenvalue weighted by Gasteiger charge is 2.31. The third-order valence-corrected chi connectivity index (χ3v) is 4.86. The summed E-state index contributed by atoms with van der Waals surface area (Å²) in [7, 11) is 0. The highest BCUT2D eigenvalue weighted by Crippen LogP contribution is 2.29. The van der Waals surface area contributed by atoms with Crippen molar-refractivity contribution in [1.29, 1.82) is 0 Å². The quantitative estimate of drug-likeness (QED) is 0.841. The second kappa shape index (κ2) is 6.72. The van der Waals surface area contributed by atoms with Crippen LogP contribution in [0.5, 0.6) is 0 Å². The normalized spacial score (nSPS) is 16.6. The lowest BCUT2D eigenvalue weighted by molar-refractivity contribution is -0.119. The summed E-state index contributed by atoms with van der Waals surface area (Å²) in [5, 5.41) is 12.2. The van der Waals surface area contributed by atoms with Crippen molar-refractivity contribution in [2.75, 3.05) is 18.4 Å². The zero-order valence-corrected chi connectivity index (χ0v) is 13.5. The molecule has 1 fully saturated rings. The Morgan fingerprint density at radius 3 is 2.75 bits per heavy atom. The number of amides is 2. The molecule has 1 atom stereocenters. The van der Waals surface area contributed by atoms with Crippen LogP contribution in [0.25, 0.3) is 10.4 Å². The summed E-state index contributed by atoms with van der Waals surface area (Å²) in [4.78, 5) is 29.5. The van der Waals surface area contributed by atoms with E-state index in [1.165, 1.54) is 16.2 Å². The van der Waals surface area contributed by atoms with Crippen LogP contribution in [0.1, 0.15) is 12.0 Å². The van der Waals surface area contributed by atoms with Crippen molar-refractivity contribution in [2.45, 2.75) is 6.42 Å². The molecule has 0 spiro atoms. The van der Waals surface area contributed by atoms with Gasteiger partial charge in [0.25, 0.3) is 0 Å². The van der Waals surface area contributed by atoms with Gasteiger partial charge in [0.15, 0.2) is 5.13 Å². The Bertz CT molecular complexity index is 807. The van der Waals surface area contributed by atoms with Crippen molar-refractivity contribution in [2.24, 2.45) is 5.92 Å². The first-order valence-corrected chi connectivity index (χ1v) is 8.20. The van der Waals surface area contributed by atoms with Crippen LogP contribution in [0, 0.1) is 18.3 Å². The average molecular weight is 341 g/mol. The smallest absolute Gasteiger partial charge is 0.407 e. The average Bonchev–Trinajstić information content (AvgIpc) is 3.24. The molecule has 122 valence electrons. The van der Waals surface area contributed by atoms with Crippen LogP contribution in [-0.2, 0) is 4.79 Å². The minimum atomic E-state index is -0.989. The summed E-state index contributed by atoms with van der Waals surface area (Å²) in [6.45, 7) is 0.616. The molecule has 3 rings (SSSR count). The Morgan fingerprint density at radius 1 is 1.38 bits per heavy atom. The van der Waals surface area contributed by atoms with Gasteiger partial charge >= 0.3 is 6.09 Å². The van der Waals surface area contributed by atoms with Gasteiger partial charge in [-0.1, -0.05) is 29.4 Å². The number of aromatic nitrogens is 1. The predicted octanol–water partition coefficient (Wildman–Crippen LogP) is 2.73. The third-order valence-electron chi connectivity index (χ3n) is 3.90. The van der Waals surface area contributed by atoms with E-state index in [0.29, 0.717) is 18.1 Å². The lowest BCUT2D eigenvalue weighted by Gasteiger charge is -2.11. The summed E-state index contributed by atoms with van der Waals surface area (Å²) in [6, 6.07) is 7.53. The summed E-state index contributed by atoms with van der Waals surface area (Å²) in [5.41, 5.74) is 1.78. The number of carboxylic acid groups (broad SMARTS) is 1. The first-order valence-electron chi connectivity index (χ1n) is 7.38. The molecule has 2 N–H and O–H groups in total. The van der Waals surface area contributed by atoms with Crippen LogP contribution < -0.4 is 5.32 Å². The van der Waals surface area contributed by atoms with E-state index >= 15 is 0 Å². The lowest BCUT2D eigenvalue weighted by atomic mass is 10.1. The minimum absolute atomic E-state index is 0.192. The fourth-order valence-electron chi connectivity index (χ4n) is 2.55. The van der Waals surface area contributed by atoms with Crippen molar-refractivity contribution in [1.82, 2.24) is 9.88 Å². The molecular formula is C17H15N3O3S. The number of hydrogen-bond acceptors (Lipinski definition) is 4. The van der Waals surface area contributed by atoms with Gasteiger partial charge in [0.1, 0.15) is 0 Å². The van der Waals surface area contributed by atoms with E-state index in [9.17, 15) is 9.59 Å². The number of likely N-dealkylation sites (tertiary alicyclic amines) is 1. The molecule has 24 heavy (non-hydrogen) atoms. The summed E-state index contributed by atoms with van der Waals surface area (Å²) >= 11 is 1.37. The highest BCUT2D eigenvalue weighted by atomic mass is 32.1. The first kappa shape index (κ1) is 16.0. The molecule has 6 nitrogen and oxygen atoms in total. The zero-order valence-electron chi connectivity index (χ0n) is 12.7. The number of anilines is 1. The number of nitrogens with one attached hydrogen (secondary N) is 1. The molecule has 0 radical (unpaired) electrons. The van der Waals surface area contributed by atoms with Gasteiger partial charge in [-0.05, 0) is 24.1 Å². The third kappa shape index (κ3) is 3.39. The molecule has 1 unspecified atom stereocenters. The number of terminal acetylenes is 1. The van der Waals surface area contributed by atoms with E-state index in [2.05, 4.69) is 16.2 Å². The maximum Gasteiger partial charge on any atom is 0.407 e. The largest absolute Gasteiger partial charge is 0.465 e. The summed E-state index contributed by atoms with van der Waals surface area (Å²) in [5.74, 6) is 2.04. The molecule has 1 saturated heterocycles. The molecule has 2 amide bonds. The number of carbonyl (C=O) groups is 2. The Kier molecular flexibility index (Phi) is 4.49. The number of rotatable bonds is 3. The second-order valence-corrected chi connectivity index (χ2v) is 6.49. The van der Waals surface area contributed by atoms with Crippen LogP contribution >= 0.6 is 11.3 Å². The van der Waals surface area contributed by atoms with Gasteiger partial charge in [-0.3, -0.25) is 4.79 Å². The molecule has 0 bridgehead atoms. The predicted molar refractivity (Wildman–Crippen MR) is 91.8 cm³/mol. The summed E-state index contributed by atoms with van der Waals surface area (Å²) < 4.78 is 0. The topological polar surface area (TPSA) is 82.5 Å². The van der Waals surface area contributed by atoms with Gasteiger partial charge in [0.2, 0.25) is 5.91 Å². The number of nitrogens with zero attached hydrogens (tertiary/aromatic N) is 2. The summed E-state index contributed by atoms with van der Waals surface area (Å²) in [6.07, 6.45) is 6.58. The standard InChI is InChI=1S/C17H15N3O3S/c1-2-11-3-5-12(6-4-11)14-9-18-16(24-14)19-15(21)13-7-8-20(10-13)17(22)23/h1,3-6,9,13H,7-8,10H2,(H,22,23)(H,18,19,21). The zero-order chi connectivity index (χ0) is 17.1. The van der Waals surface area contributed by atoms with E-state index in [4.69, 9.17) is 11.5 Å². The van der Waals surface area contributed by atoms with E-state index in [1.54, 1.807) is 6.20 Å². The molecule has 0 saturated carbocycles. The van der Waals surface area contributed by atoms with Crippen LogP contribution in [0.15, 0.2) is 30.5 Å². The fraction of sp³-hybridized carbons (Fsp3) is 0.235. The van der Waals surface area contributed by atoms with Crippen molar-refractivity contribution in [3.63, 3.8) is 0 Å². The second-order valence-electron chi connectivity index (χ2n) is 5.45. The molecule has 2 aromatic rings. The van der Waals surface area contributed by atoms with Crippen LogP contribution in [0.3, 0.4) is 0 Å². The SMILES string of the molecule is C#Cc1ccc(-c2cnc(NC(=O)C3CCN(C(=O)O)C3)s2)cc1. The first-order chi connectivity index (χ1) is 11.6. The van der Waals surface area contributed by atoms with Crippen LogP contribution in [0.2, 0.25) is 0 Å². The number of benzene rings is 1. The number of thiazole rings is 1. The van der Waals surface area contributed by atoms with Crippen LogP contribution in [-0.4, -0.2) is 40.1 Å². The van der Waals surface area contributed by atoms with Gasteiger partial charge in [0, 0.05) is 24.8 Å². The van der Waals surface area contributed by atoms with E-state index < -0.39 is 6.09 Å². The maximum absolute atomic E-state index is 12.2. The highest BCUT2D eigenvalue weighted by molar-refractivity contribution is 7.19. The Labute approximate surface area is 143 Å². The molecular weight excluding hydrogens is 326 g/mol. The molecule has 1 aromatic heterocycles. The minimum Gasteiger partial charge on any atom is -0.465 e. The molecule has 1 aliphatic heterocycles. The Balaban J connectivity index is 1.64. The Morgan fingerprint density at radius 2 is 2.12 bits per heavy atom. The van der Waals surface area contributed by atoms with Crippen molar-refractivity contribution in [3.8, 4) is 22.8 Å². The molecule has 1 aromatic carbocycles. The van der Waals surface area contributed by atoms with Gasteiger partial charge < -0.3 is 15.3 Å². The van der Waals surface area contributed by atoms with E-state index in [-0.39, 0.29) is 18.4 Å². The van der Waals surface area contributed by atoms with Crippen molar-refractivity contribution >= 4 is 28.5 Å². The van der Waals surface area contributed by atoms with E-state index in [1.807, 2.05) is 24.3 Å². The monoisotopic (exact) mass is 341 g/mol. The van der Waals surface area contributed by atoms with Crippen LogP contribution in [0.4, 0.5) is 9.93 Å². The van der Waals surface area contributed by atoms with Gasteiger partial charge in [-0.25, -0.2) is 9.78 Å². The number of hydrogen-bond donors (Lipinski definition) is 2. The molecule has 1 aliphatic rings. The van der Waals surface area contributed by atoms with Crippen molar-refractivity contribution in [3.05, 3.63) is 36.0 Å². The lowest BCUT2D eigenvalue weighted by Crippen LogP contribution is -2.30. The van der Waals surface area contributed by atoms with Crippen molar-refractivity contribution < 1.29 is 14.7 Å². The van der Waals surface area contributed by atoms with E-state index in [0.717, 1.165) is 16.0 Å². The van der Waals surface area contributed by atoms with Gasteiger partial charge in [-0.15, -0.1) is 6.42 Å². The molecule has 2 heterocycles. The fourth-order valence-corrected chi connectivity index (χ4v) is 3.38.